The van der Waals surface area contributed by atoms with E-state index in [1.54, 1.807) is 24.4 Å². The SMILES string of the molecule is O=[N+]([O-])c1ccc(OCCCCCCCl)c2ncccc12. The summed E-state index contributed by atoms with van der Waals surface area (Å²) in [5.74, 6) is 1.28. The first kappa shape index (κ1) is 15.5. The van der Waals surface area contributed by atoms with Crippen LogP contribution in [0.4, 0.5) is 5.69 Å². The minimum Gasteiger partial charge on any atom is -0.491 e. The van der Waals surface area contributed by atoms with Crippen molar-refractivity contribution in [2.45, 2.75) is 25.7 Å². The number of nitro groups is 1. The zero-order valence-corrected chi connectivity index (χ0v) is 12.4. The van der Waals surface area contributed by atoms with Crippen LogP contribution in [0.1, 0.15) is 25.7 Å². The van der Waals surface area contributed by atoms with Crippen molar-refractivity contribution in [2.24, 2.45) is 0 Å². The van der Waals surface area contributed by atoms with Crippen LogP contribution in [0, 0.1) is 10.1 Å². The number of pyridine rings is 1. The number of hydrogen-bond donors (Lipinski definition) is 0. The van der Waals surface area contributed by atoms with Crippen molar-refractivity contribution < 1.29 is 9.66 Å². The molecule has 0 N–H and O–H groups in total. The number of non-ortho nitro benzene ring substituents is 1. The van der Waals surface area contributed by atoms with Crippen LogP contribution in [0.5, 0.6) is 5.75 Å². The molecule has 1 heterocycles. The van der Waals surface area contributed by atoms with Gasteiger partial charge in [0, 0.05) is 18.1 Å². The minimum absolute atomic E-state index is 0.0487. The summed E-state index contributed by atoms with van der Waals surface area (Å²) in [6, 6.07) is 6.46. The Morgan fingerprint density at radius 3 is 2.76 bits per heavy atom. The van der Waals surface area contributed by atoms with Gasteiger partial charge in [0.2, 0.25) is 0 Å². The molecular weight excluding hydrogens is 292 g/mol. The molecule has 5 nitrogen and oxygen atoms in total. The maximum absolute atomic E-state index is 11.0. The lowest BCUT2D eigenvalue weighted by molar-refractivity contribution is -0.383. The predicted octanol–water partition coefficient (Wildman–Crippen LogP) is 4.32. The molecule has 0 aliphatic carbocycles. The first-order chi connectivity index (χ1) is 10.2. The summed E-state index contributed by atoms with van der Waals surface area (Å²) in [6.45, 7) is 0.575. The van der Waals surface area contributed by atoms with Crippen molar-refractivity contribution in [1.82, 2.24) is 4.98 Å². The average molecular weight is 309 g/mol. The third-order valence-electron chi connectivity index (χ3n) is 3.19. The normalized spacial score (nSPS) is 10.7. The molecule has 0 unspecified atom stereocenters. The van der Waals surface area contributed by atoms with Gasteiger partial charge in [0.15, 0.2) is 0 Å². The summed E-state index contributed by atoms with van der Waals surface area (Å²) in [5.41, 5.74) is 0.583. The highest BCUT2D eigenvalue weighted by Gasteiger charge is 2.15. The van der Waals surface area contributed by atoms with Gasteiger partial charge in [-0.05, 0) is 31.0 Å². The number of nitrogens with zero attached hydrogens (tertiary/aromatic N) is 2. The lowest BCUT2D eigenvalue weighted by Gasteiger charge is -2.08. The predicted molar refractivity (Wildman–Crippen MR) is 83.1 cm³/mol. The van der Waals surface area contributed by atoms with Crippen LogP contribution in [0.15, 0.2) is 30.5 Å². The van der Waals surface area contributed by atoms with E-state index in [4.69, 9.17) is 16.3 Å². The van der Waals surface area contributed by atoms with Crippen molar-refractivity contribution in [3.05, 3.63) is 40.6 Å². The first-order valence-corrected chi connectivity index (χ1v) is 7.48. The number of unbranched alkanes of at least 4 members (excludes halogenated alkanes) is 3. The molecule has 0 fully saturated rings. The molecule has 1 aromatic carbocycles. The molecule has 0 spiro atoms. The molecule has 0 bridgehead atoms. The molecule has 0 amide bonds. The topological polar surface area (TPSA) is 65.3 Å². The van der Waals surface area contributed by atoms with E-state index >= 15 is 0 Å². The highest BCUT2D eigenvalue weighted by Crippen LogP contribution is 2.31. The van der Waals surface area contributed by atoms with E-state index in [1.165, 1.54) is 6.07 Å². The smallest absolute Gasteiger partial charge is 0.279 e. The molecule has 0 atom stereocenters. The monoisotopic (exact) mass is 308 g/mol. The second kappa shape index (κ2) is 7.78. The lowest BCUT2D eigenvalue weighted by atomic mass is 10.1. The zero-order chi connectivity index (χ0) is 15.1. The number of ether oxygens (including phenoxy) is 1. The summed E-state index contributed by atoms with van der Waals surface area (Å²) in [4.78, 5) is 14.8. The lowest BCUT2D eigenvalue weighted by Crippen LogP contribution is -2.00. The van der Waals surface area contributed by atoms with Crippen LogP contribution >= 0.6 is 11.6 Å². The molecule has 112 valence electrons. The number of hydrogen-bond acceptors (Lipinski definition) is 4. The summed E-state index contributed by atoms with van der Waals surface area (Å²) in [6.07, 6.45) is 5.71. The van der Waals surface area contributed by atoms with Gasteiger partial charge in [-0.1, -0.05) is 12.8 Å². The molecule has 0 radical (unpaired) electrons. The van der Waals surface area contributed by atoms with E-state index in [-0.39, 0.29) is 5.69 Å². The van der Waals surface area contributed by atoms with Crippen molar-refractivity contribution in [2.75, 3.05) is 12.5 Å². The van der Waals surface area contributed by atoms with Crippen molar-refractivity contribution in [3.63, 3.8) is 0 Å². The standard InChI is InChI=1S/C15H17ClN2O3/c16-9-3-1-2-4-11-21-14-8-7-13(18(19)20)12-6-5-10-17-15(12)14/h5-8,10H,1-4,9,11H2. The second-order valence-electron chi connectivity index (χ2n) is 4.69. The van der Waals surface area contributed by atoms with Crippen LogP contribution < -0.4 is 4.74 Å². The van der Waals surface area contributed by atoms with Crippen molar-refractivity contribution in [1.29, 1.82) is 0 Å². The van der Waals surface area contributed by atoms with Crippen LogP contribution in [0.25, 0.3) is 10.9 Å². The fourth-order valence-corrected chi connectivity index (χ4v) is 2.33. The van der Waals surface area contributed by atoms with E-state index in [0.717, 1.165) is 25.7 Å². The third-order valence-corrected chi connectivity index (χ3v) is 3.46. The molecule has 0 aliphatic rings. The Morgan fingerprint density at radius 1 is 1.19 bits per heavy atom. The van der Waals surface area contributed by atoms with Gasteiger partial charge >= 0.3 is 0 Å². The molecule has 2 aromatic rings. The van der Waals surface area contributed by atoms with Gasteiger partial charge in [-0.2, -0.15) is 0 Å². The molecular formula is C15H17ClN2O3. The van der Waals surface area contributed by atoms with Gasteiger partial charge in [0.1, 0.15) is 11.3 Å². The van der Waals surface area contributed by atoms with E-state index in [2.05, 4.69) is 4.98 Å². The van der Waals surface area contributed by atoms with Crippen molar-refractivity contribution in [3.8, 4) is 5.75 Å². The number of fused-ring (bicyclic) bond motifs is 1. The van der Waals surface area contributed by atoms with Gasteiger partial charge in [-0.15, -0.1) is 11.6 Å². The van der Waals surface area contributed by atoms with E-state index in [1.807, 2.05) is 0 Å². The Balaban J connectivity index is 2.07. The molecule has 0 aliphatic heterocycles. The van der Waals surface area contributed by atoms with E-state index < -0.39 is 4.92 Å². The average Bonchev–Trinajstić information content (AvgIpc) is 2.50. The van der Waals surface area contributed by atoms with Crippen LogP contribution in [0.2, 0.25) is 0 Å². The van der Waals surface area contributed by atoms with Gasteiger partial charge in [-0.3, -0.25) is 15.1 Å². The summed E-state index contributed by atoms with van der Waals surface area (Å²) in [5, 5.41) is 11.5. The fraction of sp³-hybridized carbons (Fsp3) is 0.400. The van der Waals surface area contributed by atoms with Gasteiger partial charge in [0.05, 0.1) is 16.9 Å². The van der Waals surface area contributed by atoms with Gasteiger partial charge < -0.3 is 4.74 Å². The highest BCUT2D eigenvalue weighted by molar-refractivity contribution is 6.17. The van der Waals surface area contributed by atoms with Crippen molar-refractivity contribution >= 4 is 28.2 Å². The Hall–Kier alpha value is -1.88. The molecule has 0 saturated carbocycles. The maximum atomic E-state index is 11.0. The first-order valence-electron chi connectivity index (χ1n) is 6.95. The third kappa shape index (κ3) is 4.04. The number of halogens is 1. The number of benzene rings is 1. The molecule has 21 heavy (non-hydrogen) atoms. The molecule has 6 heteroatoms. The zero-order valence-electron chi connectivity index (χ0n) is 11.6. The van der Waals surface area contributed by atoms with Crippen LogP contribution in [0.3, 0.4) is 0 Å². The quantitative estimate of drug-likeness (QED) is 0.315. The minimum atomic E-state index is -0.403. The molecule has 0 saturated heterocycles. The second-order valence-corrected chi connectivity index (χ2v) is 5.07. The van der Waals surface area contributed by atoms with Gasteiger partial charge in [0.25, 0.3) is 5.69 Å². The summed E-state index contributed by atoms with van der Waals surface area (Å²) >= 11 is 5.62. The number of alkyl halides is 1. The number of aromatic nitrogens is 1. The van der Waals surface area contributed by atoms with E-state index in [9.17, 15) is 10.1 Å². The van der Waals surface area contributed by atoms with Crippen LogP contribution in [-0.2, 0) is 0 Å². The fourth-order valence-electron chi connectivity index (χ4n) is 2.14. The highest BCUT2D eigenvalue weighted by atomic mass is 35.5. The largest absolute Gasteiger partial charge is 0.491 e. The molecule has 1 aromatic heterocycles. The number of rotatable bonds is 8. The Morgan fingerprint density at radius 2 is 2.00 bits per heavy atom. The molecule has 2 rings (SSSR count). The number of nitro benzene ring substituents is 1. The Labute approximate surface area is 128 Å². The van der Waals surface area contributed by atoms with Crippen LogP contribution in [-0.4, -0.2) is 22.4 Å². The Kier molecular flexibility index (Phi) is 5.75. The Bertz CT molecular complexity index is 619. The van der Waals surface area contributed by atoms with E-state index in [0.29, 0.717) is 29.1 Å². The summed E-state index contributed by atoms with van der Waals surface area (Å²) < 4.78 is 5.72. The summed E-state index contributed by atoms with van der Waals surface area (Å²) in [7, 11) is 0. The maximum Gasteiger partial charge on any atom is 0.279 e. The van der Waals surface area contributed by atoms with Gasteiger partial charge in [-0.25, -0.2) is 0 Å².